The van der Waals surface area contributed by atoms with Crippen molar-refractivity contribution in [3.05, 3.63) is 68.9 Å². The van der Waals surface area contributed by atoms with Crippen LogP contribution in [0.1, 0.15) is 359 Å². The van der Waals surface area contributed by atoms with E-state index in [1.165, 1.54) is 147 Å². The monoisotopic (exact) mass is 1540 g/mol. The molecular weight excluding hydrogens is 1390 g/mol. The van der Waals surface area contributed by atoms with E-state index in [1.54, 1.807) is 44.6 Å². The van der Waals surface area contributed by atoms with Gasteiger partial charge in [-0.05, 0) is 347 Å². The third-order valence-corrected chi connectivity index (χ3v) is 35.7. The van der Waals surface area contributed by atoms with E-state index >= 15 is 0 Å². The third-order valence-electron chi connectivity index (χ3n) is 35.7. The molecule has 0 aromatic carbocycles. The largest absolute Gasteiger partial charge is 0.393 e. The number of fused-ring (bicyclic) bond motifs is 6. The van der Waals surface area contributed by atoms with Crippen LogP contribution >= 0.6 is 0 Å². The predicted molar refractivity (Wildman–Crippen MR) is 443 cm³/mol. The molecule has 7 N–H and O–H groups in total. The number of ether oxygens (including phenoxy) is 6. The van der Waals surface area contributed by atoms with Crippen LogP contribution in [0.2, 0.25) is 0 Å². The molecule has 13 heteroatoms. The highest BCUT2D eigenvalue weighted by molar-refractivity contribution is 5.32. The molecule has 0 radical (unpaired) electrons. The van der Waals surface area contributed by atoms with Gasteiger partial charge in [0.15, 0.2) is 0 Å². The van der Waals surface area contributed by atoms with Crippen molar-refractivity contribution >= 4 is 0 Å². The molecule has 0 unspecified atom stereocenters. The minimum absolute atomic E-state index is 0. The number of aliphatic hydroxyl groups excluding tert-OH is 1. The number of unbranched alkanes of at least 4 members (excludes halogenated alkanes) is 2. The second-order valence-electron chi connectivity index (χ2n) is 42.9. The summed E-state index contributed by atoms with van der Waals surface area (Å²) in [5.41, 5.74) is 13.3. The van der Waals surface area contributed by atoms with Crippen LogP contribution < -0.4 is 0 Å². The third kappa shape index (κ3) is 16.4. The van der Waals surface area contributed by atoms with Crippen molar-refractivity contribution in [1.82, 2.24) is 0 Å². The van der Waals surface area contributed by atoms with Gasteiger partial charge in [-0.2, -0.15) is 0 Å². The topological polar surface area (TPSA) is 197 Å². The summed E-state index contributed by atoms with van der Waals surface area (Å²) in [7, 11) is 0. The quantitative estimate of drug-likeness (QED) is 0.102. The average molecular weight is 1540 g/mol. The van der Waals surface area contributed by atoms with E-state index in [2.05, 4.69) is 46.4 Å². The fraction of sp³-hybridized carbons (Fsp3) is 0.878. The number of hydrogen-bond donors (Lipinski definition) is 7. The summed E-state index contributed by atoms with van der Waals surface area (Å²) in [6.07, 6.45) is 56.1. The van der Waals surface area contributed by atoms with Gasteiger partial charge < -0.3 is 64.2 Å². The summed E-state index contributed by atoms with van der Waals surface area (Å²) in [4.78, 5) is 0. The van der Waals surface area contributed by atoms with Gasteiger partial charge in [0.25, 0.3) is 0 Å². The van der Waals surface area contributed by atoms with Gasteiger partial charge in [-0.1, -0.05) is 116 Å². The molecule has 20 aliphatic rings. The maximum Gasteiger partial charge on any atom is 0.0880 e. The van der Waals surface area contributed by atoms with Crippen LogP contribution in [0, 0.1) is 68.0 Å². The van der Waals surface area contributed by atoms with Crippen LogP contribution in [0.25, 0.3) is 0 Å². The maximum absolute atomic E-state index is 10.6. The van der Waals surface area contributed by atoms with E-state index in [-0.39, 0.29) is 50.2 Å². The molecule has 6 saturated heterocycles. The summed E-state index contributed by atoms with van der Waals surface area (Å²) in [5.74, 6) is 3.99. The Kier molecular flexibility index (Phi) is 25.2. The van der Waals surface area contributed by atoms with Crippen LogP contribution in [0.15, 0.2) is 68.9 Å². The minimum Gasteiger partial charge on any atom is -0.393 e. The van der Waals surface area contributed by atoms with Crippen LogP contribution in [0.4, 0.5) is 0 Å². The smallest absolute Gasteiger partial charge is 0.0880 e. The first-order chi connectivity index (χ1) is 52.3. The second-order valence-corrected chi connectivity index (χ2v) is 42.9. The van der Waals surface area contributed by atoms with Crippen molar-refractivity contribution in [2.24, 2.45) is 68.0 Å². The van der Waals surface area contributed by atoms with Gasteiger partial charge in [-0.3, -0.25) is 0 Å². The molecule has 0 aromatic rings. The first kappa shape index (κ1) is 85.3. The van der Waals surface area contributed by atoms with Gasteiger partial charge in [0.1, 0.15) is 0 Å². The van der Waals surface area contributed by atoms with E-state index in [0.717, 1.165) is 187 Å². The van der Waals surface area contributed by atoms with E-state index < -0.39 is 33.6 Å². The number of hydrogen-bond acceptors (Lipinski definition) is 13. The SMILES string of the molecule is C.C=C1CC[C@]23CO[C@H](C2)[C@](C)(O)CC[C@@H]13.CC/C(C)=C1\CC[C@]23CO[C@H](C2)[C@](C)(O)CC[C@@H]13.CC/C=C1\CC[C@]23CO[C@H](C2)[C@](C)(O)CC[C@@H]13.CCCC/C=C1\CC[C@]23CO[C@H](C2)[C@](C)(O)CC[C@@H]13.C[C@@]1(O)CC[C@H]2C(=C3CCC(O)CC3)CC[C@@]23CO[C@@H]1C3.C[C@@]1(O)CC[C@H]2C(=C3CCCCC3)CC[C@@]23CO[C@@H]1C3. The van der Waals surface area contributed by atoms with Crippen molar-refractivity contribution < 1.29 is 64.2 Å². The van der Waals surface area contributed by atoms with Crippen molar-refractivity contribution in [3.63, 3.8) is 0 Å². The van der Waals surface area contributed by atoms with Crippen molar-refractivity contribution in [2.45, 2.75) is 436 Å². The lowest BCUT2D eigenvalue weighted by Gasteiger charge is -2.33. The van der Waals surface area contributed by atoms with E-state index in [0.29, 0.717) is 62.1 Å². The lowest BCUT2D eigenvalue weighted by molar-refractivity contribution is -0.0838. The van der Waals surface area contributed by atoms with Crippen molar-refractivity contribution in [3.8, 4) is 0 Å². The molecule has 14 aliphatic carbocycles. The maximum atomic E-state index is 10.6. The Morgan fingerprint density at radius 1 is 0.378 bits per heavy atom. The normalized spacial score (nSPS) is 49.6. The highest BCUT2D eigenvalue weighted by atomic mass is 16.5. The highest BCUT2D eigenvalue weighted by Crippen LogP contribution is 2.66. The van der Waals surface area contributed by atoms with Gasteiger partial charge >= 0.3 is 0 Å². The molecule has 6 heterocycles. The zero-order chi connectivity index (χ0) is 77.7. The fourth-order valence-electron chi connectivity index (χ4n) is 28.1. The lowest BCUT2D eigenvalue weighted by atomic mass is 9.73. The van der Waals surface area contributed by atoms with Crippen molar-refractivity contribution in [1.29, 1.82) is 0 Å². The molecule has 20 fully saturated rings. The molecule has 14 saturated carbocycles. The Hall–Kier alpha value is -2.08. The molecule has 0 aromatic heterocycles. The summed E-state index contributed by atoms with van der Waals surface area (Å²) < 4.78 is 35.8. The standard InChI is InChI=1S/C18H28O3.C18H28O2.C17H28O2.C16H26O2.C15H24O2.C13H20O2.CH4/c1-17(20)8-7-15-14(12-2-4-13(19)5-3-12)6-9-18(15)10-16(17)21-11-18;1-17(19)9-8-15-14(13-5-3-2-4-6-13)7-10-18(15)11-16(17)20-12-18;1-3-4-5-6-13-7-10-17-11-15(19-12-17)16(2,18)9-8-14(13)17;1-4-11(2)12-5-8-16-9-14(18-10-16)15(3,17)7-6-13(12)16;1-3-4-11-5-8-15-9-13(17-10-15)14(2,16)7-6-12(11)15;1-9-3-6-13-7-11(15-8-13)12(2,14)5-4-10(9)13;/h13,15-16,19-20H,2-11H2,1H3;15-16,19H,2-12H2,1H3;6,14-15,18H,3-5,7-12H2,1-2H3;13-14,17H,4-10H2,1-3H3;4,12-13,16H,3,5-10H2,1-2H3;10-11,14H,1,3-8H2,2H3;1H4/b;;13-6+;12-11+;11-4+;;/t13?,15-,16+,17+,18+;15-,16+,17+,18+;14-,15+,16+,17+;13-,14+,15+,16+;12-,13+,14+,15+;10-,11+,12+,13+;/m000000./s1. The molecular formula is C98H158O13. The zero-order valence-electron chi connectivity index (χ0n) is 70.8. The summed E-state index contributed by atoms with van der Waals surface area (Å²) in [6.45, 7) is 30.2. The fourth-order valence-corrected chi connectivity index (χ4v) is 28.1. The molecule has 20 rings (SSSR count). The lowest BCUT2D eigenvalue weighted by Crippen LogP contribution is -2.38. The van der Waals surface area contributed by atoms with Crippen LogP contribution in [-0.2, 0) is 28.4 Å². The van der Waals surface area contributed by atoms with Crippen molar-refractivity contribution in [2.75, 3.05) is 39.6 Å². The Balaban J connectivity index is 0.000000111. The van der Waals surface area contributed by atoms with Gasteiger partial charge in [0.05, 0.1) is 116 Å². The van der Waals surface area contributed by atoms with Crippen LogP contribution in [0.3, 0.4) is 0 Å². The predicted octanol–water partition coefficient (Wildman–Crippen LogP) is 20.2. The van der Waals surface area contributed by atoms with Gasteiger partial charge in [0.2, 0.25) is 0 Å². The summed E-state index contributed by atoms with van der Waals surface area (Å²) in [6, 6.07) is 0. The van der Waals surface area contributed by atoms with E-state index in [9.17, 15) is 35.7 Å². The molecule has 24 atom stereocenters. The van der Waals surface area contributed by atoms with E-state index in [1.807, 2.05) is 41.5 Å². The summed E-state index contributed by atoms with van der Waals surface area (Å²) >= 11 is 0. The minimum atomic E-state index is -0.646. The van der Waals surface area contributed by atoms with Gasteiger partial charge in [-0.15, -0.1) is 0 Å². The molecule has 13 nitrogen and oxygen atoms in total. The second kappa shape index (κ2) is 32.8. The molecule has 628 valence electrons. The van der Waals surface area contributed by atoms with E-state index in [4.69, 9.17) is 28.4 Å². The molecule has 6 spiro atoms. The van der Waals surface area contributed by atoms with Crippen LogP contribution in [0.5, 0.6) is 0 Å². The first-order valence-corrected chi connectivity index (χ1v) is 46.2. The van der Waals surface area contributed by atoms with Crippen LogP contribution in [-0.4, -0.2) is 152 Å². The number of rotatable bonds is 5. The Morgan fingerprint density at radius 2 is 0.703 bits per heavy atom. The molecule has 111 heavy (non-hydrogen) atoms. The Morgan fingerprint density at radius 3 is 1.10 bits per heavy atom. The highest BCUT2D eigenvalue weighted by Gasteiger charge is 2.63. The number of aliphatic hydroxyl groups is 7. The Bertz CT molecular complexity index is 3440. The first-order valence-electron chi connectivity index (χ1n) is 46.2. The zero-order valence-corrected chi connectivity index (χ0v) is 70.8. The van der Waals surface area contributed by atoms with Gasteiger partial charge in [0, 0.05) is 32.5 Å². The molecule has 12 bridgehead atoms. The Labute approximate surface area is 672 Å². The summed E-state index contributed by atoms with van der Waals surface area (Å²) in [5, 5.41) is 72.9. The average Bonchev–Trinajstić information content (AvgIpc) is 1.50. The molecule has 0 amide bonds. The number of allylic oxidation sites excluding steroid dienone is 11. The molecule has 6 aliphatic heterocycles. The van der Waals surface area contributed by atoms with Gasteiger partial charge in [-0.25, -0.2) is 0 Å².